The van der Waals surface area contributed by atoms with Gasteiger partial charge in [-0.15, -0.1) is 10.2 Å². The van der Waals surface area contributed by atoms with E-state index in [2.05, 4.69) is 20.7 Å². The standard InChI is InChI=1S/C18H20N4O3/c1-12-10-15(22-25-12)8-9-19-17(23)11-16(14-6-4-3-5-7-14)18-21-20-13(2)24-18/h3-7,10,16H,8-9,11H2,1-2H3,(H,19,23). The summed E-state index contributed by atoms with van der Waals surface area (Å²) < 4.78 is 10.6. The van der Waals surface area contributed by atoms with E-state index in [-0.39, 0.29) is 18.2 Å². The summed E-state index contributed by atoms with van der Waals surface area (Å²) in [5, 5.41) is 14.8. The van der Waals surface area contributed by atoms with Crippen molar-refractivity contribution in [3.8, 4) is 0 Å². The SMILES string of the molecule is Cc1cc(CCNC(=O)CC(c2ccccc2)c2nnc(C)o2)no1. The molecule has 2 heterocycles. The minimum atomic E-state index is -0.267. The van der Waals surface area contributed by atoms with Gasteiger partial charge in [0, 0.05) is 32.4 Å². The third-order valence-electron chi connectivity index (χ3n) is 3.81. The third kappa shape index (κ3) is 4.53. The number of nitrogens with zero attached hydrogens (tertiary/aromatic N) is 3. The Morgan fingerprint density at radius 1 is 1.20 bits per heavy atom. The average molecular weight is 340 g/mol. The van der Waals surface area contributed by atoms with Gasteiger partial charge in [0.1, 0.15) is 5.76 Å². The monoisotopic (exact) mass is 340 g/mol. The highest BCUT2D eigenvalue weighted by Crippen LogP contribution is 2.26. The van der Waals surface area contributed by atoms with Crippen molar-refractivity contribution < 1.29 is 13.7 Å². The zero-order valence-electron chi connectivity index (χ0n) is 14.2. The molecule has 1 N–H and O–H groups in total. The first-order valence-corrected chi connectivity index (χ1v) is 8.15. The lowest BCUT2D eigenvalue weighted by atomic mass is 9.95. The lowest BCUT2D eigenvalue weighted by Crippen LogP contribution is -2.27. The highest BCUT2D eigenvalue weighted by Gasteiger charge is 2.23. The number of aromatic nitrogens is 3. The van der Waals surface area contributed by atoms with Crippen molar-refractivity contribution in [2.24, 2.45) is 0 Å². The van der Waals surface area contributed by atoms with Crippen LogP contribution in [0.2, 0.25) is 0 Å². The molecule has 3 aromatic rings. The maximum absolute atomic E-state index is 12.4. The van der Waals surface area contributed by atoms with Crippen LogP contribution in [0.3, 0.4) is 0 Å². The number of carbonyl (C=O) groups excluding carboxylic acids is 1. The van der Waals surface area contributed by atoms with Crippen LogP contribution in [0, 0.1) is 13.8 Å². The Morgan fingerprint density at radius 2 is 2.00 bits per heavy atom. The Hall–Kier alpha value is -2.96. The van der Waals surface area contributed by atoms with Gasteiger partial charge in [0.2, 0.25) is 17.7 Å². The molecule has 1 unspecified atom stereocenters. The molecule has 0 spiro atoms. The van der Waals surface area contributed by atoms with Crippen LogP contribution in [0.5, 0.6) is 0 Å². The average Bonchev–Trinajstić information content (AvgIpc) is 3.22. The zero-order chi connectivity index (χ0) is 17.6. The Kier molecular flexibility index (Phi) is 5.23. The van der Waals surface area contributed by atoms with Gasteiger partial charge < -0.3 is 14.3 Å². The molecule has 0 bridgehead atoms. The first-order valence-electron chi connectivity index (χ1n) is 8.15. The molecule has 1 atom stereocenters. The molecule has 0 saturated heterocycles. The predicted molar refractivity (Wildman–Crippen MR) is 89.9 cm³/mol. The topological polar surface area (TPSA) is 94.1 Å². The van der Waals surface area contributed by atoms with Crippen LogP contribution in [0.15, 0.2) is 45.3 Å². The van der Waals surface area contributed by atoms with Crippen molar-refractivity contribution in [2.75, 3.05) is 6.54 Å². The maximum Gasteiger partial charge on any atom is 0.224 e. The van der Waals surface area contributed by atoms with Gasteiger partial charge in [-0.1, -0.05) is 35.5 Å². The van der Waals surface area contributed by atoms with E-state index in [1.807, 2.05) is 43.3 Å². The molecule has 130 valence electrons. The van der Waals surface area contributed by atoms with Gasteiger partial charge in [0.25, 0.3) is 0 Å². The number of hydrogen-bond acceptors (Lipinski definition) is 6. The molecule has 0 saturated carbocycles. The number of nitrogens with one attached hydrogen (secondary N) is 1. The molecule has 0 fully saturated rings. The number of rotatable bonds is 7. The summed E-state index contributed by atoms with van der Waals surface area (Å²) in [7, 11) is 0. The molecule has 7 nitrogen and oxygen atoms in total. The maximum atomic E-state index is 12.4. The Morgan fingerprint density at radius 3 is 2.64 bits per heavy atom. The highest BCUT2D eigenvalue weighted by molar-refractivity contribution is 5.77. The Labute approximate surface area is 145 Å². The van der Waals surface area contributed by atoms with E-state index in [4.69, 9.17) is 8.94 Å². The molecule has 3 rings (SSSR count). The molecular formula is C18H20N4O3. The second-order valence-corrected chi connectivity index (χ2v) is 5.86. The number of benzene rings is 1. The molecule has 0 aliphatic heterocycles. The zero-order valence-corrected chi connectivity index (χ0v) is 14.2. The number of carbonyl (C=O) groups is 1. The first kappa shape index (κ1) is 16.9. The fourth-order valence-corrected chi connectivity index (χ4v) is 2.61. The van der Waals surface area contributed by atoms with Crippen LogP contribution in [0.1, 0.15) is 41.1 Å². The van der Waals surface area contributed by atoms with E-state index in [0.717, 1.165) is 17.0 Å². The summed E-state index contributed by atoms with van der Waals surface area (Å²) in [5.41, 5.74) is 1.79. The predicted octanol–water partition coefficient (Wildman–Crippen LogP) is 2.56. The van der Waals surface area contributed by atoms with E-state index in [9.17, 15) is 4.79 Å². The molecular weight excluding hydrogens is 320 g/mol. The molecule has 1 aromatic carbocycles. The van der Waals surface area contributed by atoms with E-state index in [0.29, 0.717) is 24.7 Å². The molecule has 7 heteroatoms. The number of aryl methyl sites for hydroxylation is 2. The highest BCUT2D eigenvalue weighted by atomic mass is 16.5. The van der Waals surface area contributed by atoms with Gasteiger partial charge in [-0.05, 0) is 12.5 Å². The van der Waals surface area contributed by atoms with Crippen molar-refractivity contribution in [1.29, 1.82) is 0 Å². The molecule has 25 heavy (non-hydrogen) atoms. The largest absolute Gasteiger partial charge is 0.425 e. The van der Waals surface area contributed by atoms with Crippen molar-refractivity contribution in [3.63, 3.8) is 0 Å². The van der Waals surface area contributed by atoms with E-state index in [1.54, 1.807) is 6.92 Å². The van der Waals surface area contributed by atoms with Crippen molar-refractivity contribution in [1.82, 2.24) is 20.7 Å². The van der Waals surface area contributed by atoms with Gasteiger partial charge in [0.15, 0.2) is 0 Å². The van der Waals surface area contributed by atoms with Gasteiger partial charge in [0.05, 0.1) is 11.6 Å². The van der Waals surface area contributed by atoms with E-state index < -0.39 is 0 Å². The second kappa shape index (κ2) is 7.74. The lowest BCUT2D eigenvalue weighted by molar-refractivity contribution is -0.121. The molecule has 2 aromatic heterocycles. The third-order valence-corrected chi connectivity index (χ3v) is 3.81. The minimum Gasteiger partial charge on any atom is -0.425 e. The minimum absolute atomic E-state index is 0.0788. The van der Waals surface area contributed by atoms with E-state index >= 15 is 0 Å². The van der Waals surface area contributed by atoms with Crippen molar-refractivity contribution in [3.05, 3.63) is 65.2 Å². The quantitative estimate of drug-likeness (QED) is 0.710. The molecule has 0 aliphatic carbocycles. The number of hydrogen-bond donors (Lipinski definition) is 1. The van der Waals surface area contributed by atoms with Gasteiger partial charge in [-0.25, -0.2) is 0 Å². The smallest absolute Gasteiger partial charge is 0.224 e. The fourth-order valence-electron chi connectivity index (χ4n) is 2.61. The summed E-state index contributed by atoms with van der Waals surface area (Å²) in [4.78, 5) is 12.4. The Balaban J connectivity index is 1.62. The van der Waals surface area contributed by atoms with Crippen LogP contribution in [0.4, 0.5) is 0 Å². The lowest BCUT2D eigenvalue weighted by Gasteiger charge is -2.13. The van der Waals surface area contributed by atoms with Crippen molar-refractivity contribution in [2.45, 2.75) is 32.6 Å². The second-order valence-electron chi connectivity index (χ2n) is 5.86. The number of amides is 1. The van der Waals surface area contributed by atoms with E-state index in [1.165, 1.54) is 0 Å². The fraction of sp³-hybridized carbons (Fsp3) is 0.333. The summed E-state index contributed by atoms with van der Waals surface area (Å²) in [6.45, 7) is 4.07. The van der Waals surface area contributed by atoms with Gasteiger partial charge >= 0.3 is 0 Å². The van der Waals surface area contributed by atoms with Crippen LogP contribution in [-0.2, 0) is 11.2 Å². The van der Waals surface area contributed by atoms with Gasteiger partial charge in [-0.3, -0.25) is 4.79 Å². The van der Waals surface area contributed by atoms with Crippen LogP contribution < -0.4 is 5.32 Å². The summed E-state index contributed by atoms with van der Waals surface area (Å²) in [6.07, 6.45) is 0.863. The molecule has 0 aliphatic rings. The summed E-state index contributed by atoms with van der Waals surface area (Å²) in [5.74, 6) is 1.35. The van der Waals surface area contributed by atoms with Crippen molar-refractivity contribution >= 4 is 5.91 Å². The normalized spacial score (nSPS) is 12.1. The summed E-state index contributed by atoms with van der Waals surface area (Å²) >= 11 is 0. The van der Waals surface area contributed by atoms with Crippen LogP contribution >= 0.6 is 0 Å². The summed E-state index contributed by atoms with van der Waals surface area (Å²) in [6, 6.07) is 11.6. The first-order chi connectivity index (χ1) is 12.1. The van der Waals surface area contributed by atoms with Crippen LogP contribution in [0.25, 0.3) is 0 Å². The molecule has 0 radical (unpaired) electrons. The van der Waals surface area contributed by atoms with Crippen LogP contribution in [-0.4, -0.2) is 27.8 Å². The molecule has 1 amide bonds. The van der Waals surface area contributed by atoms with Gasteiger partial charge in [-0.2, -0.15) is 0 Å². The Bertz CT molecular complexity index is 826.